The van der Waals surface area contributed by atoms with Crippen LogP contribution in [-0.4, -0.2) is 41.3 Å². The highest BCUT2D eigenvalue weighted by atomic mass is 32.2. The van der Waals surface area contributed by atoms with Crippen LogP contribution in [-0.2, 0) is 0 Å². The molecule has 0 aliphatic rings. The Labute approximate surface area is 116 Å². The fraction of sp³-hybridized carbons (Fsp3) is 0.500. The zero-order chi connectivity index (χ0) is 14.5. The monoisotopic (exact) mass is 286 g/mol. The van der Waals surface area contributed by atoms with E-state index in [9.17, 15) is 15.2 Å². The average Bonchev–Trinajstić information content (AvgIpc) is 2.35. The molecule has 0 aromatic heterocycles. The molecule has 106 valence electrons. The number of nitrogens with one attached hydrogen (secondary N) is 1. The Morgan fingerprint density at radius 2 is 2.26 bits per heavy atom. The standard InChI is InChI=1S/C12H18N2O4S/c1-12(15,8-19-3)7-13-9-4-5-10(14(16)17)11(6-9)18-2/h4-6,13,15H,7-8H2,1-3H3. The van der Waals surface area contributed by atoms with E-state index in [1.54, 1.807) is 30.8 Å². The molecule has 0 spiro atoms. The van der Waals surface area contributed by atoms with Gasteiger partial charge < -0.3 is 15.2 Å². The van der Waals surface area contributed by atoms with Gasteiger partial charge in [0.2, 0.25) is 0 Å². The van der Waals surface area contributed by atoms with E-state index >= 15 is 0 Å². The van der Waals surface area contributed by atoms with Crippen LogP contribution >= 0.6 is 11.8 Å². The van der Waals surface area contributed by atoms with Gasteiger partial charge >= 0.3 is 5.69 Å². The van der Waals surface area contributed by atoms with E-state index in [1.165, 1.54) is 13.2 Å². The van der Waals surface area contributed by atoms with Crippen LogP contribution in [0.2, 0.25) is 0 Å². The van der Waals surface area contributed by atoms with E-state index in [2.05, 4.69) is 5.32 Å². The molecule has 0 radical (unpaired) electrons. The van der Waals surface area contributed by atoms with Gasteiger partial charge in [-0.1, -0.05) is 0 Å². The smallest absolute Gasteiger partial charge is 0.311 e. The first-order valence-electron chi connectivity index (χ1n) is 5.67. The summed E-state index contributed by atoms with van der Waals surface area (Å²) < 4.78 is 4.98. The van der Waals surface area contributed by atoms with Gasteiger partial charge in [-0.2, -0.15) is 11.8 Å². The van der Waals surface area contributed by atoms with Crippen molar-refractivity contribution < 1.29 is 14.8 Å². The van der Waals surface area contributed by atoms with E-state index in [-0.39, 0.29) is 11.4 Å². The lowest BCUT2D eigenvalue weighted by Gasteiger charge is -2.23. The first-order valence-corrected chi connectivity index (χ1v) is 7.06. The van der Waals surface area contributed by atoms with Crippen molar-refractivity contribution in [1.29, 1.82) is 0 Å². The van der Waals surface area contributed by atoms with Gasteiger partial charge in [-0.15, -0.1) is 0 Å². The SMILES string of the molecule is COc1cc(NCC(C)(O)CSC)ccc1[N+](=O)[O-]. The van der Waals surface area contributed by atoms with Crippen LogP contribution in [0.15, 0.2) is 18.2 Å². The fourth-order valence-electron chi connectivity index (χ4n) is 1.59. The molecule has 0 amide bonds. The lowest BCUT2D eigenvalue weighted by molar-refractivity contribution is -0.385. The lowest BCUT2D eigenvalue weighted by atomic mass is 10.1. The fourth-order valence-corrected chi connectivity index (χ4v) is 2.32. The van der Waals surface area contributed by atoms with Gasteiger partial charge in [0.05, 0.1) is 17.6 Å². The quantitative estimate of drug-likeness (QED) is 0.590. The molecule has 1 atom stereocenters. The zero-order valence-electron chi connectivity index (χ0n) is 11.2. The minimum absolute atomic E-state index is 0.0797. The molecule has 0 bridgehead atoms. The third kappa shape index (κ3) is 4.60. The Hall–Kier alpha value is -1.47. The van der Waals surface area contributed by atoms with Crippen molar-refractivity contribution in [1.82, 2.24) is 0 Å². The van der Waals surface area contributed by atoms with Crippen LogP contribution in [0.3, 0.4) is 0 Å². The molecule has 1 unspecified atom stereocenters. The molecule has 0 saturated carbocycles. The van der Waals surface area contributed by atoms with Gasteiger partial charge in [-0.05, 0) is 19.2 Å². The topological polar surface area (TPSA) is 84.6 Å². The number of nitrogens with zero attached hydrogens (tertiary/aromatic N) is 1. The van der Waals surface area contributed by atoms with Gasteiger partial charge in [0.15, 0.2) is 5.75 Å². The molecule has 6 nitrogen and oxygen atoms in total. The molecule has 1 aromatic rings. The first kappa shape index (κ1) is 15.6. The van der Waals surface area contributed by atoms with E-state index in [1.807, 2.05) is 6.26 Å². The number of benzene rings is 1. The van der Waals surface area contributed by atoms with Crippen LogP contribution in [0.5, 0.6) is 5.75 Å². The number of hydrogen-bond donors (Lipinski definition) is 2. The van der Waals surface area contributed by atoms with Gasteiger partial charge in [-0.3, -0.25) is 10.1 Å². The number of rotatable bonds is 7. The minimum atomic E-state index is -0.839. The molecule has 2 N–H and O–H groups in total. The minimum Gasteiger partial charge on any atom is -0.490 e. The molecular weight excluding hydrogens is 268 g/mol. The summed E-state index contributed by atoms with van der Waals surface area (Å²) in [7, 11) is 1.38. The number of aliphatic hydroxyl groups is 1. The van der Waals surface area contributed by atoms with E-state index in [0.29, 0.717) is 18.0 Å². The molecular formula is C12H18N2O4S. The lowest BCUT2D eigenvalue weighted by Crippen LogP contribution is -2.36. The molecule has 1 aromatic carbocycles. The second-order valence-electron chi connectivity index (χ2n) is 4.43. The molecule has 0 aliphatic carbocycles. The maximum atomic E-state index is 10.8. The third-order valence-corrected chi connectivity index (χ3v) is 3.42. The van der Waals surface area contributed by atoms with E-state index in [0.717, 1.165) is 0 Å². The van der Waals surface area contributed by atoms with Gasteiger partial charge in [0.25, 0.3) is 0 Å². The summed E-state index contributed by atoms with van der Waals surface area (Å²) >= 11 is 1.55. The number of thioether (sulfide) groups is 1. The summed E-state index contributed by atoms with van der Waals surface area (Å²) in [5.74, 6) is 0.795. The third-order valence-electron chi connectivity index (χ3n) is 2.51. The molecule has 1 rings (SSSR count). The van der Waals surface area contributed by atoms with Crippen molar-refractivity contribution in [3.63, 3.8) is 0 Å². The van der Waals surface area contributed by atoms with Crippen molar-refractivity contribution >= 4 is 23.1 Å². The maximum absolute atomic E-state index is 10.8. The molecule has 0 heterocycles. The summed E-state index contributed by atoms with van der Waals surface area (Å²) in [4.78, 5) is 10.3. The van der Waals surface area contributed by atoms with E-state index < -0.39 is 10.5 Å². The normalized spacial score (nSPS) is 13.7. The number of anilines is 1. The van der Waals surface area contributed by atoms with Gasteiger partial charge in [0.1, 0.15) is 0 Å². The highest BCUT2D eigenvalue weighted by Crippen LogP contribution is 2.29. The summed E-state index contributed by atoms with van der Waals surface area (Å²) in [5.41, 5.74) is -0.248. The van der Waals surface area contributed by atoms with Gasteiger partial charge in [-0.25, -0.2) is 0 Å². The van der Waals surface area contributed by atoms with Gasteiger partial charge in [0, 0.05) is 30.1 Å². The molecule has 0 aliphatic heterocycles. The number of ether oxygens (including phenoxy) is 1. The Morgan fingerprint density at radius 1 is 1.58 bits per heavy atom. The average molecular weight is 286 g/mol. The second kappa shape index (κ2) is 6.63. The largest absolute Gasteiger partial charge is 0.490 e. The van der Waals surface area contributed by atoms with Crippen LogP contribution < -0.4 is 10.1 Å². The van der Waals surface area contributed by atoms with Crippen LogP contribution in [0.4, 0.5) is 11.4 Å². The van der Waals surface area contributed by atoms with Crippen LogP contribution in [0.25, 0.3) is 0 Å². The highest BCUT2D eigenvalue weighted by Gasteiger charge is 2.20. The predicted octanol–water partition coefficient (Wildman–Crippen LogP) is 2.13. The number of methoxy groups -OCH3 is 1. The summed E-state index contributed by atoms with van der Waals surface area (Å²) in [6.45, 7) is 2.09. The molecule has 0 saturated heterocycles. The Morgan fingerprint density at radius 3 is 2.79 bits per heavy atom. The number of nitro groups is 1. The summed E-state index contributed by atoms with van der Waals surface area (Å²) in [6.07, 6.45) is 1.92. The Bertz CT molecular complexity index is 451. The van der Waals surface area contributed by atoms with E-state index in [4.69, 9.17) is 4.74 Å². The number of nitro benzene ring substituents is 1. The maximum Gasteiger partial charge on any atom is 0.311 e. The van der Waals surface area contributed by atoms with Crippen molar-refractivity contribution in [2.24, 2.45) is 0 Å². The van der Waals surface area contributed by atoms with Crippen molar-refractivity contribution in [2.75, 3.05) is 31.0 Å². The summed E-state index contributed by atoms with van der Waals surface area (Å²) in [6, 6.07) is 4.52. The predicted molar refractivity (Wildman–Crippen MR) is 77.1 cm³/mol. The second-order valence-corrected chi connectivity index (χ2v) is 5.29. The van der Waals surface area contributed by atoms with Crippen molar-refractivity contribution in [3.8, 4) is 5.75 Å². The number of hydrogen-bond acceptors (Lipinski definition) is 6. The zero-order valence-corrected chi connectivity index (χ0v) is 12.0. The first-order chi connectivity index (χ1) is 8.89. The summed E-state index contributed by atoms with van der Waals surface area (Å²) in [5, 5.41) is 23.8. The molecule has 7 heteroatoms. The molecule has 0 fully saturated rings. The van der Waals surface area contributed by atoms with Crippen LogP contribution in [0, 0.1) is 10.1 Å². The highest BCUT2D eigenvalue weighted by molar-refractivity contribution is 7.98. The Balaban J connectivity index is 2.78. The van der Waals surface area contributed by atoms with Crippen LogP contribution in [0.1, 0.15) is 6.92 Å². The molecule has 19 heavy (non-hydrogen) atoms. The van der Waals surface area contributed by atoms with Crippen molar-refractivity contribution in [3.05, 3.63) is 28.3 Å². The Kier molecular flexibility index (Phi) is 5.44. The van der Waals surface area contributed by atoms with Crippen molar-refractivity contribution in [2.45, 2.75) is 12.5 Å².